The van der Waals surface area contributed by atoms with Gasteiger partial charge >= 0.3 is 0 Å². The third-order valence-electron chi connectivity index (χ3n) is 3.04. The van der Waals surface area contributed by atoms with Crippen molar-refractivity contribution in [2.24, 2.45) is 0 Å². The number of sulfonamides is 1. The van der Waals surface area contributed by atoms with Gasteiger partial charge in [0.15, 0.2) is 0 Å². The first kappa shape index (κ1) is 15.8. The number of anilines is 1. The zero-order chi connectivity index (χ0) is 15.3. The van der Waals surface area contributed by atoms with Gasteiger partial charge in [-0.15, -0.1) is 0 Å². The number of rotatable bonds is 6. The van der Waals surface area contributed by atoms with E-state index in [-0.39, 0.29) is 10.6 Å². The Labute approximate surface area is 130 Å². The molecule has 3 N–H and O–H groups in total. The summed E-state index contributed by atoms with van der Waals surface area (Å²) in [5.41, 5.74) is 7.03. The molecular formula is C15H17ClN2O2S. The molecule has 0 bridgehead atoms. The molecule has 21 heavy (non-hydrogen) atoms. The normalized spacial score (nSPS) is 11.5. The van der Waals surface area contributed by atoms with Gasteiger partial charge in [-0.25, -0.2) is 13.1 Å². The van der Waals surface area contributed by atoms with Crippen LogP contribution in [0, 0.1) is 0 Å². The molecule has 2 rings (SSSR count). The Kier molecular flexibility index (Phi) is 5.22. The maximum Gasteiger partial charge on any atom is 0.242 e. The van der Waals surface area contributed by atoms with Crippen molar-refractivity contribution in [2.45, 2.75) is 17.7 Å². The number of hydrogen-bond donors (Lipinski definition) is 2. The number of hydrogen-bond acceptors (Lipinski definition) is 3. The fourth-order valence-electron chi connectivity index (χ4n) is 1.99. The fraction of sp³-hybridized carbons (Fsp3) is 0.200. The summed E-state index contributed by atoms with van der Waals surface area (Å²) in [5, 5.41) is 0.413. The molecule has 0 spiro atoms. The van der Waals surface area contributed by atoms with E-state index in [0.29, 0.717) is 11.6 Å². The summed E-state index contributed by atoms with van der Waals surface area (Å²) in [6.45, 7) is 0.360. The molecular weight excluding hydrogens is 308 g/mol. The van der Waals surface area contributed by atoms with Gasteiger partial charge in [0.2, 0.25) is 10.0 Å². The molecule has 0 unspecified atom stereocenters. The number of nitrogen functional groups attached to an aromatic ring is 1. The van der Waals surface area contributed by atoms with Crippen molar-refractivity contribution in [1.82, 2.24) is 4.72 Å². The van der Waals surface area contributed by atoms with Gasteiger partial charge < -0.3 is 5.73 Å². The SMILES string of the molecule is Nc1cc(Cl)ccc1S(=O)(=O)NCCCc1ccccc1. The van der Waals surface area contributed by atoms with Gasteiger partial charge in [-0.3, -0.25) is 0 Å². The minimum atomic E-state index is -3.60. The predicted molar refractivity (Wildman–Crippen MR) is 85.8 cm³/mol. The Bertz CT molecular complexity index is 703. The summed E-state index contributed by atoms with van der Waals surface area (Å²) >= 11 is 5.77. The zero-order valence-electron chi connectivity index (χ0n) is 11.4. The molecule has 112 valence electrons. The van der Waals surface area contributed by atoms with E-state index in [1.807, 2.05) is 30.3 Å². The minimum Gasteiger partial charge on any atom is -0.398 e. The second-order valence-corrected chi connectivity index (χ2v) is 6.84. The molecule has 0 aliphatic rings. The molecule has 0 aliphatic carbocycles. The molecule has 0 saturated carbocycles. The Morgan fingerprint density at radius 1 is 1.10 bits per heavy atom. The van der Waals surface area contributed by atoms with Crippen LogP contribution in [0.4, 0.5) is 5.69 Å². The number of nitrogens with one attached hydrogen (secondary N) is 1. The van der Waals surface area contributed by atoms with E-state index in [0.717, 1.165) is 12.8 Å². The highest BCUT2D eigenvalue weighted by molar-refractivity contribution is 7.89. The average Bonchev–Trinajstić information content (AvgIpc) is 2.44. The Morgan fingerprint density at radius 2 is 1.81 bits per heavy atom. The van der Waals surface area contributed by atoms with Crippen molar-refractivity contribution in [3.8, 4) is 0 Å². The number of aryl methyl sites for hydroxylation is 1. The smallest absolute Gasteiger partial charge is 0.242 e. The van der Waals surface area contributed by atoms with Crippen LogP contribution in [0.25, 0.3) is 0 Å². The van der Waals surface area contributed by atoms with Crippen LogP contribution in [0.5, 0.6) is 0 Å². The highest BCUT2D eigenvalue weighted by atomic mass is 35.5. The Morgan fingerprint density at radius 3 is 2.48 bits per heavy atom. The third-order valence-corrected chi connectivity index (χ3v) is 4.81. The van der Waals surface area contributed by atoms with E-state index in [4.69, 9.17) is 17.3 Å². The van der Waals surface area contributed by atoms with Crippen LogP contribution < -0.4 is 10.5 Å². The first-order chi connectivity index (χ1) is 9.99. The molecule has 0 heterocycles. The highest BCUT2D eigenvalue weighted by Gasteiger charge is 2.16. The third kappa shape index (κ3) is 4.46. The van der Waals surface area contributed by atoms with Crippen LogP contribution in [0.15, 0.2) is 53.4 Å². The molecule has 0 saturated heterocycles. The standard InChI is InChI=1S/C15H17ClN2O2S/c16-13-8-9-15(14(17)11-13)21(19,20)18-10-4-7-12-5-2-1-3-6-12/h1-3,5-6,8-9,11,18H,4,7,10,17H2. The van der Waals surface area contributed by atoms with Gasteiger partial charge in [-0.1, -0.05) is 41.9 Å². The second kappa shape index (κ2) is 6.93. The summed E-state index contributed by atoms with van der Waals surface area (Å²) < 4.78 is 26.8. The highest BCUT2D eigenvalue weighted by Crippen LogP contribution is 2.22. The van der Waals surface area contributed by atoms with Gasteiger partial charge in [0, 0.05) is 11.6 Å². The van der Waals surface area contributed by atoms with Crippen LogP contribution in [0.1, 0.15) is 12.0 Å². The molecule has 0 aromatic heterocycles. The van der Waals surface area contributed by atoms with Crippen LogP contribution in [-0.2, 0) is 16.4 Å². The number of benzene rings is 2. The van der Waals surface area contributed by atoms with Gasteiger partial charge in [-0.05, 0) is 36.6 Å². The van der Waals surface area contributed by atoms with Crippen LogP contribution >= 0.6 is 11.6 Å². The summed E-state index contributed by atoms with van der Waals surface area (Å²) in [6.07, 6.45) is 1.54. The molecule has 4 nitrogen and oxygen atoms in total. The molecule has 0 fully saturated rings. The second-order valence-electron chi connectivity index (χ2n) is 4.67. The van der Waals surface area contributed by atoms with Gasteiger partial charge in [0.25, 0.3) is 0 Å². The molecule has 6 heteroatoms. The van der Waals surface area contributed by atoms with Gasteiger partial charge in [0.1, 0.15) is 4.90 Å². The average molecular weight is 325 g/mol. The lowest BCUT2D eigenvalue weighted by molar-refractivity contribution is 0.579. The molecule has 2 aromatic carbocycles. The largest absolute Gasteiger partial charge is 0.398 e. The van der Waals surface area contributed by atoms with E-state index >= 15 is 0 Å². The van der Waals surface area contributed by atoms with Crippen LogP contribution in [0.3, 0.4) is 0 Å². The van der Waals surface area contributed by atoms with Crippen molar-refractivity contribution >= 4 is 27.3 Å². The van der Waals surface area contributed by atoms with Crippen molar-refractivity contribution < 1.29 is 8.42 Å². The maximum absolute atomic E-state index is 12.1. The molecule has 0 amide bonds. The van der Waals surface area contributed by atoms with E-state index in [2.05, 4.69) is 4.72 Å². The molecule has 2 aromatic rings. The number of nitrogens with two attached hydrogens (primary N) is 1. The van der Waals surface area contributed by atoms with E-state index in [9.17, 15) is 8.42 Å². The van der Waals surface area contributed by atoms with Crippen molar-refractivity contribution in [2.75, 3.05) is 12.3 Å². The van der Waals surface area contributed by atoms with Crippen LogP contribution in [0.2, 0.25) is 5.02 Å². The van der Waals surface area contributed by atoms with Crippen molar-refractivity contribution in [3.05, 3.63) is 59.1 Å². The first-order valence-electron chi connectivity index (χ1n) is 6.58. The fourth-order valence-corrected chi connectivity index (χ4v) is 3.35. The Balaban J connectivity index is 1.92. The summed E-state index contributed by atoms with van der Waals surface area (Å²) in [6, 6.07) is 14.3. The van der Waals surface area contributed by atoms with Gasteiger partial charge in [0.05, 0.1) is 5.69 Å². The van der Waals surface area contributed by atoms with E-state index in [1.165, 1.54) is 23.8 Å². The lowest BCUT2D eigenvalue weighted by Gasteiger charge is -2.09. The van der Waals surface area contributed by atoms with E-state index in [1.54, 1.807) is 0 Å². The maximum atomic E-state index is 12.1. The summed E-state index contributed by atoms with van der Waals surface area (Å²) in [7, 11) is -3.60. The van der Waals surface area contributed by atoms with Crippen molar-refractivity contribution in [3.63, 3.8) is 0 Å². The quantitative estimate of drug-likeness (QED) is 0.634. The molecule has 0 aliphatic heterocycles. The van der Waals surface area contributed by atoms with Crippen LogP contribution in [-0.4, -0.2) is 15.0 Å². The topological polar surface area (TPSA) is 72.2 Å². The lowest BCUT2D eigenvalue weighted by Crippen LogP contribution is -2.25. The summed E-state index contributed by atoms with van der Waals surface area (Å²) in [5.74, 6) is 0. The molecule has 0 atom stereocenters. The monoisotopic (exact) mass is 324 g/mol. The van der Waals surface area contributed by atoms with Crippen molar-refractivity contribution in [1.29, 1.82) is 0 Å². The predicted octanol–water partition coefficient (Wildman–Crippen LogP) is 2.83. The minimum absolute atomic E-state index is 0.0617. The van der Waals surface area contributed by atoms with Gasteiger partial charge in [-0.2, -0.15) is 0 Å². The summed E-state index contributed by atoms with van der Waals surface area (Å²) in [4.78, 5) is 0.0617. The Hall–Kier alpha value is -1.56. The van der Waals surface area contributed by atoms with E-state index < -0.39 is 10.0 Å². The molecule has 0 radical (unpaired) electrons. The zero-order valence-corrected chi connectivity index (χ0v) is 13.0. The number of halogens is 1. The first-order valence-corrected chi connectivity index (χ1v) is 8.44. The lowest BCUT2D eigenvalue weighted by atomic mass is 10.1.